The van der Waals surface area contributed by atoms with Gasteiger partial charge in [0.15, 0.2) is 12.5 Å². The van der Waals surface area contributed by atoms with Crippen molar-refractivity contribution in [3.63, 3.8) is 0 Å². The summed E-state index contributed by atoms with van der Waals surface area (Å²) in [6, 6.07) is 5.78. The van der Waals surface area contributed by atoms with Crippen molar-refractivity contribution in [3.05, 3.63) is 46.9 Å². The Labute approximate surface area is 307 Å². The maximum atomic E-state index is 11.9. The predicted molar refractivity (Wildman–Crippen MR) is 200 cm³/mol. The molecule has 2 atom stereocenters. The van der Waals surface area contributed by atoms with Crippen LogP contribution in [0.25, 0.3) is 0 Å². The number of nitrogens with one attached hydrogen (secondary N) is 1. The van der Waals surface area contributed by atoms with Gasteiger partial charge >= 0.3 is 6.09 Å². The highest BCUT2D eigenvalue weighted by molar-refractivity contribution is 7.85. The standard InChI is InChI=1S/C32H58N2O4S.C7H8O3S/c1-2-3-4-5-6-7-8-9-10-11-12-13-14-16-19-22-31-36-27-30(38-31)28-37-32(35)33-23-20-17-15-18-21-24-34-25-26-39-29-34;1-6-2-4-7(5-3-6)11(8,9)10/h25-26,29-31H,2-24,27-28H2,1H3;2-5H,1H3,(H,8,9,10). The number of thiazole rings is 1. The van der Waals surface area contributed by atoms with E-state index in [0.717, 1.165) is 37.8 Å². The molecular formula is C39H66N2O7S2. The van der Waals surface area contributed by atoms with Gasteiger partial charge in [0.2, 0.25) is 5.51 Å². The maximum absolute atomic E-state index is 11.9. The van der Waals surface area contributed by atoms with Crippen molar-refractivity contribution in [3.8, 4) is 0 Å². The molecular weight excluding hydrogens is 673 g/mol. The fourth-order valence-corrected chi connectivity index (χ4v) is 6.98. The lowest BCUT2D eigenvalue weighted by Crippen LogP contribution is -2.30. The van der Waals surface area contributed by atoms with E-state index in [9.17, 15) is 17.8 Å². The van der Waals surface area contributed by atoms with Crippen LogP contribution in [0.4, 0.5) is 4.79 Å². The molecule has 2 unspecified atom stereocenters. The number of unbranched alkanes of at least 4 members (excludes halogenated alkanes) is 18. The summed E-state index contributed by atoms with van der Waals surface area (Å²) in [6.07, 6.45) is 28.8. The third-order valence-corrected chi connectivity index (χ3v) is 10.5. The maximum Gasteiger partial charge on any atom is 0.407 e. The second kappa shape index (κ2) is 28.5. The number of carbonyl (C=O) groups is 1. The molecule has 1 aliphatic heterocycles. The fourth-order valence-electron chi connectivity index (χ4n) is 5.88. The number of rotatable bonds is 27. The molecule has 1 aromatic heterocycles. The molecule has 0 radical (unpaired) electrons. The van der Waals surface area contributed by atoms with Gasteiger partial charge in [0.05, 0.1) is 16.9 Å². The molecule has 1 aliphatic rings. The molecule has 50 heavy (non-hydrogen) atoms. The van der Waals surface area contributed by atoms with Crippen molar-refractivity contribution >= 4 is 27.5 Å². The van der Waals surface area contributed by atoms with Gasteiger partial charge in [-0.05, 0) is 44.7 Å². The molecule has 0 spiro atoms. The lowest BCUT2D eigenvalue weighted by molar-refractivity contribution is -0.692. The predicted octanol–water partition coefficient (Wildman–Crippen LogP) is 9.61. The number of hydrogen-bond donors (Lipinski definition) is 1. The number of nitrogens with zero attached hydrogens (tertiary/aromatic N) is 1. The number of hydrogen-bond acceptors (Lipinski definition) is 8. The molecule has 1 saturated heterocycles. The zero-order valence-corrected chi connectivity index (χ0v) is 32.6. The third kappa shape index (κ3) is 23.4. The van der Waals surface area contributed by atoms with Crippen LogP contribution in [0.5, 0.6) is 0 Å². The Morgan fingerprint density at radius 3 is 1.98 bits per heavy atom. The number of aryl methyl sites for hydroxylation is 2. The van der Waals surface area contributed by atoms with Crippen molar-refractivity contribution in [2.45, 2.75) is 173 Å². The van der Waals surface area contributed by atoms with Crippen molar-refractivity contribution in [2.75, 3.05) is 19.8 Å². The minimum atomic E-state index is -4.27. The summed E-state index contributed by atoms with van der Waals surface area (Å²) in [5.74, 6) is 0. The first-order valence-corrected chi connectivity index (χ1v) is 21.7. The number of amides is 1. The Hall–Kier alpha value is -2.05. The fraction of sp³-hybridized carbons (Fsp3) is 0.744. The van der Waals surface area contributed by atoms with Crippen LogP contribution in [-0.4, -0.2) is 51.2 Å². The molecule has 1 aromatic carbocycles. The summed E-state index contributed by atoms with van der Waals surface area (Å²) in [5.41, 5.74) is 3.08. The second-order valence-electron chi connectivity index (χ2n) is 13.6. The van der Waals surface area contributed by atoms with E-state index in [1.807, 2.05) is 6.92 Å². The van der Waals surface area contributed by atoms with Crippen molar-refractivity contribution < 1.29 is 36.5 Å². The summed E-state index contributed by atoms with van der Waals surface area (Å²) in [7, 11) is -4.27. The van der Waals surface area contributed by atoms with Crippen LogP contribution in [0.2, 0.25) is 0 Å². The number of ether oxygens (including phenoxy) is 3. The third-order valence-electron chi connectivity index (χ3n) is 8.96. The zero-order chi connectivity index (χ0) is 36.1. The first-order chi connectivity index (χ1) is 24.3. The van der Waals surface area contributed by atoms with E-state index < -0.39 is 10.1 Å². The molecule has 1 N–H and O–H groups in total. The Balaban J connectivity index is 0.000000666. The smallest absolute Gasteiger partial charge is 0.407 e. The van der Waals surface area contributed by atoms with E-state index in [4.69, 9.17) is 14.2 Å². The molecule has 2 aromatic rings. The second-order valence-corrected chi connectivity index (χ2v) is 15.7. The number of aromatic nitrogens is 1. The highest BCUT2D eigenvalue weighted by atomic mass is 32.2. The van der Waals surface area contributed by atoms with Gasteiger partial charge in [-0.15, -0.1) is 0 Å². The van der Waals surface area contributed by atoms with Gasteiger partial charge < -0.3 is 24.1 Å². The van der Waals surface area contributed by atoms with Crippen LogP contribution < -0.4 is 9.88 Å². The normalized spacial score (nSPS) is 15.8. The van der Waals surface area contributed by atoms with E-state index in [1.54, 1.807) is 23.5 Å². The molecule has 1 fully saturated rings. The molecule has 0 bridgehead atoms. The van der Waals surface area contributed by atoms with Gasteiger partial charge in [-0.1, -0.05) is 139 Å². The minimum Gasteiger partial charge on any atom is -0.744 e. The van der Waals surface area contributed by atoms with Gasteiger partial charge in [0, 0.05) is 13.0 Å². The van der Waals surface area contributed by atoms with Crippen LogP contribution in [-0.2, 0) is 30.9 Å². The van der Waals surface area contributed by atoms with E-state index in [0.29, 0.717) is 13.2 Å². The quantitative estimate of drug-likeness (QED) is 0.0551. The highest BCUT2D eigenvalue weighted by Gasteiger charge is 2.26. The highest BCUT2D eigenvalue weighted by Crippen LogP contribution is 2.19. The van der Waals surface area contributed by atoms with Crippen LogP contribution in [0, 0.1) is 6.92 Å². The monoisotopic (exact) mass is 738 g/mol. The van der Waals surface area contributed by atoms with Gasteiger partial charge in [-0.25, -0.2) is 13.2 Å². The average Bonchev–Trinajstić information content (AvgIpc) is 3.79. The molecule has 1 amide bonds. The summed E-state index contributed by atoms with van der Waals surface area (Å²) >= 11 is 1.73. The van der Waals surface area contributed by atoms with Crippen molar-refractivity contribution in [1.82, 2.24) is 5.32 Å². The van der Waals surface area contributed by atoms with E-state index in [-0.39, 0.29) is 30.0 Å². The molecule has 286 valence electrons. The first-order valence-electron chi connectivity index (χ1n) is 19.4. The zero-order valence-electron chi connectivity index (χ0n) is 31.0. The molecule has 3 rings (SSSR count). The van der Waals surface area contributed by atoms with E-state index in [1.165, 1.54) is 121 Å². The van der Waals surface area contributed by atoms with Crippen LogP contribution in [0.15, 0.2) is 46.2 Å². The lowest BCUT2D eigenvalue weighted by atomic mass is 10.0. The molecule has 11 heteroatoms. The van der Waals surface area contributed by atoms with Gasteiger partial charge in [0.25, 0.3) is 0 Å². The molecule has 9 nitrogen and oxygen atoms in total. The summed E-state index contributed by atoms with van der Waals surface area (Å²) in [4.78, 5) is 11.8. The molecule has 0 aliphatic carbocycles. The number of alkyl carbamates (subject to hydrolysis) is 1. The Morgan fingerprint density at radius 2 is 1.42 bits per heavy atom. The largest absolute Gasteiger partial charge is 0.744 e. The average molecular weight is 739 g/mol. The van der Waals surface area contributed by atoms with Crippen molar-refractivity contribution in [1.29, 1.82) is 0 Å². The van der Waals surface area contributed by atoms with E-state index >= 15 is 0 Å². The molecule has 0 saturated carbocycles. The van der Waals surface area contributed by atoms with Crippen LogP contribution >= 0.6 is 11.3 Å². The number of carbonyl (C=O) groups excluding carboxylic acids is 1. The summed E-state index contributed by atoms with van der Waals surface area (Å²) < 4.78 is 50.4. The van der Waals surface area contributed by atoms with Gasteiger partial charge in [-0.2, -0.15) is 4.57 Å². The van der Waals surface area contributed by atoms with Gasteiger partial charge in [-0.3, -0.25) is 0 Å². The van der Waals surface area contributed by atoms with Crippen molar-refractivity contribution in [2.24, 2.45) is 0 Å². The van der Waals surface area contributed by atoms with E-state index in [2.05, 4.69) is 33.9 Å². The Bertz CT molecular complexity index is 1190. The minimum absolute atomic E-state index is 0.137. The summed E-state index contributed by atoms with van der Waals surface area (Å²) in [5, 5.41) is 4.96. The molecule has 2 heterocycles. The topological polar surface area (TPSA) is 118 Å². The first kappa shape index (κ1) is 44.1. The van der Waals surface area contributed by atoms with Crippen LogP contribution in [0.1, 0.15) is 147 Å². The Morgan fingerprint density at radius 1 is 0.860 bits per heavy atom. The Kier molecular flexibility index (Phi) is 25.2. The lowest BCUT2D eigenvalue weighted by Gasteiger charge is -2.12. The van der Waals surface area contributed by atoms with Gasteiger partial charge in [0.1, 0.15) is 29.4 Å². The SMILES string of the molecule is CCCCCCCCCCCCCCCCCC1OCC(COC(=O)NCCCCCCC[n+]2ccsc2)O1.Cc1ccc(S(=O)(=O)[O-])cc1. The summed E-state index contributed by atoms with van der Waals surface area (Å²) in [6.45, 7) is 6.65. The number of benzene rings is 1. The van der Waals surface area contributed by atoms with Crippen LogP contribution in [0.3, 0.4) is 0 Å².